The number of amides is 2. The predicted octanol–water partition coefficient (Wildman–Crippen LogP) is 4.41. The molecular weight excluding hydrogens is 485 g/mol. The average Bonchev–Trinajstić information content (AvgIpc) is 3.60. The summed E-state index contributed by atoms with van der Waals surface area (Å²) < 4.78 is 22.0. The van der Waals surface area contributed by atoms with Crippen molar-refractivity contribution in [2.45, 2.75) is 50.9 Å². The maximum atomic E-state index is 15.2. The van der Waals surface area contributed by atoms with Crippen molar-refractivity contribution in [1.29, 1.82) is 0 Å². The van der Waals surface area contributed by atoms with Crippen LogP contribution in [0.15, 0.2) is 72.8 Å². The van der Waals surface area contributed by atoms with Gasteiger partial charge in [0.05, 0.1) is 12.6 Å². The first-order valence-corrected chi connectivity index (χ1v) is 12.8. The number of carbonyl (C=O) groups excluding carboxylic acids is 2. The van der Waals surface area contributed by atoms with E-state index in [0.29, 0.717) is 16.8 Å². The normalized spacial score (nSPS) is 14.4. The van der Waals surface area contributed by atoms with Crippen LogP contribution in [0.25, 0.3) is 11.0 Å². The Morgan fingerprint density at radius 1 is 1.05 bits per heavy atom. The quantitative estimate of drug-likeness (QED) is 0.357. The van der Waals surface area contributed by atoms with Gasteiger partial charge in [0.25, 0.3) is 0 Å². The van der Waals surface area contributed by atoms with Gasteiger partial charge in [-0.2, -0.15) is 0 Å². The zero-order chi connectivity index (χ0) is 26.5. The van der Waals surface area contributed by atoms with E-state index in [9.17, 15) is 9.59 Å². The molecule has 3 aromatic carbocycles. The van der Waals surface area contributed by atoms with E-state index in [1.807, 2.05) is 36.4 Å². The molecule has 5 rings (SSSR count). The fourth-order valence-electron chi connectivity index (χ4n) is 5.00. The second kappa shape index (κ2) is 11.4. The van der Waals surface area contributed by atoms with Crippen LogP contribution >= 0.6 is 0 Å². The number of hydrogen-bond donors (Lipinski definition) is 1. The molecule has 0 unspecified atom stereocenters. The van der Waals surface area contributed by atoms with E-state index < -0.39 is 17.8 Å². The molecule has 38 heavy (non-hydrogen) atoms. The molecule has 2 amide bonds. The van der Waals surface area contributed by atoms with Gasteiger partial charge in [0.1, 0.15) is 29.7 Å². The van der Waals surface area contributed by atoms with Crippen LogP contribution in [0, 0.1) is 5.82 Å². The maximum absolute atomic E-state index is 15.2. The number of methoxy groups -OCH3 is 1. The molecule has 9 heteroatoms. The second-order valence-corrected chi connectivity index (χ2v) is 9.52. The lowest BCUT2D eigenvalue weighted by Gasteiger charge is -2.32. The van der Waals surface area contributed by atoms with Crippen LogP contribution in [-0.4, -0.2) is 44.9 Å². The van der Waals surface area contributed by atoms with Gasteiger partial charge in [-0.3, -0.25) is 9.59 Å². The van der Waals surface area contributed by atoms with E-state index in [2.05, 4.69) is 15.6 Å². The lowest BCUT2D eigenvalue weighted by Crippen LogP contribution is -2.47. The number of aromatic nitrogens is 3. The minimum absolute atomic E-state index is 0.00831. The molecule has 1 atom stereocenters. The van der Waals surface area contributed by atoms with Gasteiger partial charge in [0.15, 0.2) is 0 Å². The van der Waals surface area contributed by atoms with Crippen LogP contribution in [0.5, 0.6) is 5.75 Å². The van der Waals surface area contributed by atoms with Crippen LogP contribution < -0.4 is 10.1 Å². The predicted molar refractivity (Wildman–Crippen MR) is 141 cm³/mol. The van der Waals surface area contributed by atoms with Crippen LogP contribution in [0.2, 0.25) is 0 Å². The van der Waals surface area contributed by atoms with Crippen molar-refractivity contribution in [3.8, 4) is 5.75 Å². The molecule has 1 aliphatic carbocycles. The summed E-state index contributed by atoms with van der Waals surface area (Å²) in [7, 11) is 1.58. The zero-order valence-corrected chi connectivity index (χ0v) is 21.2. The van der Waals surface area contributed by atoms with Crippen LogP contribution in [0.1, 0.15) is 42.9 Å². The number of rotatable bonds is 9. The standard InChI is InChI=1S/C29H30FN5O3/c1-38-22-16-14-20(15-17-22)18-34(27(36)19-35-26-13-7-6-12-25(26)32-33-35)28(23-10-4-5-11-24(23)30)29(37)31-21-8-2-3-9-21/h4-7,10-17,21,28H,2-3,8-9,18-19H2,1H3,(H,31,37)/t28-/m0/s1. The lowest BCUT2D eigenvalue weighted by atomic mass is 10.0. The minimum Gasteiger partial charge on any atom is -0.497 e. The van der Waals surface area contributed by atoms with E-state index in [0.717, 1.165) is 31.2 Å². The largest absolute Gasteiger partial charge is 0.497 e. The Hall–Kier alpha value is -4.27. The lowest BCUT2D eigenvalue weighted by molar-refractivity contribution is -0.142. The third kappa shape index (κ3) is 5.51. The van der Waals surface area contributed by atoms with Crippen LogP contribution in [0.3, 0.4) is 0 Å². The number of para-hydroxylation sites is 1. The minimum atomic E-state index is -1.17. The molecule has 1 fully saturated rings. The molecule has 8 nitrogen and oxygen atoms in total. The molecule has 1 heterocycles. The van der Waals surface area contributed by atoms with Crippen molar-refractivity contribution < 1.29 is 18.7 Å². The number of nitrogens with one attached hydrogen (secondary N) is 1. The van der Waals surface area contributed by atoms with Crippen molar-refractivity contribution in [1.82, 2.24) is 25.2 Å². The topological polar surface area (TPSA) is 89.3 Å². The summed E-state index contributed by atoms with van der Waals surface area (Å²) in [5.41, 5.74) is 2.28. The Labute approximate surface area is 220 Å². The number of nitrogens with zero attached hydrogens (tertiary/aromatic N) is 4. The van der Waals surface area contributed by atoms with Crippen molar-refractivity contribution in [2.75, 3.05) is 7.11 Å². The van der Waals surface area contributed by atoms with Gasteiger partial charge >= 0.3 is 0 Å². The molecule has 1 aliphatic rings. The van der Waals surface area contributed by atoms with Gasteiger partial charge in [0, 0.05) is 18.2 Å². The van der Waals surface area contributed by atoms with E-state index in [1.54, 1.807) is 37.4 Å². The highest BCUT2D eigenvalue weighted by Crippen LogP contribution is 2.28. The third-order valence-electron chi connectivity index (χ3n) is 7.00. The highest BCUT2D eigenvalue weighted by Gasteiger charge is 2.35. The summed E-state index contributed by atoms with van der Waals surface area (Å²) in [6.45, 7) is -0.0646. The molecule has 0 radical (unpaired) electrons. The fraction of sp³-hybridized carbons (Fsp3) is 0.310. The first-order valence-electron chi connectivity index (χ1n) is 12.8. The Morgan fingerprint density at radius 2 is 1.76 bits per heavy atom. The van der Waals surface area contributed by atoms with E-state index in [4.69, 9.17) is 4.74 Å². The zero-order valence-electron chi connectivity index (χ0n) is 21.2. The molecule has 1 saturated carbocycles. The second-order valence-electron chi connectivity index (χ2n) is 9.52. The van der Waals surface area contributed by atoms with Crippen LogP contribution in [-0.2, 0) is 22.7 Å². The summed E-state index contributed by atoms with van der Waals surface area (Å²) >= 11 is 0. The number of carbonyl (C=O) groups is 2. The third-order valence-corrected chi connectivity index (χ3v) is 7.00. The first kappa shape index (κ1) is 25.4. The van der Waals surface area contributed by atoms with Crippen molar-refractivity contribution in [3.63, 3.8) is 0 Å². The summed E-state index contributed by atoms with van der Waals surface area (Å²) in [5.74, 6) is -0.651. The molecule has 0 bridgehead atoms. The van der Waals surface area contributed by atoms with E-state index >= 15 is 4.39 Å². The van der Waals surface area contributed by atoms with Gasteiger partial charge < -0.3 is 15.0 Å². The summed E-state index contributed by atoms with van der Waals surface area (Å²) in [5, 5.41) is 11.4. The average molecular weight is 516 g/mol. The Kier molecular flexibility index (Phi) is 7.62. The Bertz CT molecular complexity index is 1420. The van der Waals surface area contributed by atoms with Crippen molar-refractivity contribution in [2.24, 2.45) is 0 Å². The summed E-state index contributed by atoms with van der Waals surface area (Å²) in [6.07, 6.45) is 3.80. The molecule has 0 aliphatic heterocycles. The molecular formula is C29H30FN5O3. The van der Waals surface area contributed by atoms with Gasteiger partial charge in [0.2, 0.25) is 11.8 Å². The van der Waals surface area contributed by atoms with Crippen molar-refractivity contribution >= 4 is 22.8 Å². The van der Waals surface area contributed by atoms with E-state index in [-0.39, 0.29) is 30.6 Å². The van der Waals surface area contributed by atoms with Crippen LogP contribution in [0.4, 0.5) is 4.39 Å². The van der Waals surface area contributed by atoms with Gasteiger partial charge in [-0.15, -0.1) is 5.10 Å². The van der Waals surface area contributed by atoms with Gasteiger partial charge in [-0.1, -0.05) is 60.5 Å². The number of hydrogen-bond acceptors (Lipinski definition) is 5. The molecule has 1 N–H and O–H groups in total. The fourth-order valence-corrected chi connectivity index (χ4v) is 5.00. The molecule has 0 saturated heterocycles. The number of halogens is 1. The number of benzene rings is 3. The number of ether oxygens (including phenoxy) is 1. The molecule has 4 aromatic rings. The Morgan fingerprint density at radius 3 is 2.50 bits per heavy atom. The highest BCUT2D eigenvalue weighted by molar-refractivity contribution is 5.89. The Balaban J connectivity index is 1.53. The number of fused-ring (bicyclic) bond motifs is 1. The maximum Gasteiger partial charge on any atom is 0.247 e. The summed E-state index contributed by atoms with van der Waals surface area (Å²) in [4.78, 5) is 29.2. The smallest absolute Gasteiger partial charge is 0.247 e. The molecule has 196 valence electrons. The SMILES string of the molecule is COc1ccc(CN(C(=O)Cn2nnc3ccccc32)[C@H](C(=O)NC2CCCC2)c2ccccc2F)cc1. The monoisotopic (exact) mass is 515 g/mol. The van der Waals surface area contributed by atoms with Gasteiger partial charge in [-0.05, 0) is 48.7 Å². The molecule has 0 spiro atoms. The molecule has 1 aromatic heterocycles. The highest BCUT2D eigenvalue weighted by atomic mass is 19.1. The summed E-state index contributed by atoms with van der Waals surface area (Å²) in [6, 6.07) is 19.5. The van der Waals surface area contributed by atoms with E-state index in [1.165, 1.54) is 15.6 Å². The first-order chi connectivity index (χ1) is 18.5. The van der Waals surface area contributed by atoms with Crippen molar-refractivity contribution in [3.05, 3.63) is 89.7 Å². The van der Waals surface area contributed by atoms with Gasteiger partial charge in [-0.25, -0.2) is 9.07 Å².